The Morgan fingerprint density at radius 1 is 0.974 bits per heavy atom. The molecule has 5 aromatic rings. The quantitative estimate of drug-likeness (QED) is 0.272. The molecule has 0 saturated heterocycles. The highest BCUT2D eigenvalue weighted by Gasteiger charge is 2.35. The topological polar surface area (TPSA) is 135 Å². The Kier molecular flexibility index (Phi) is 7.02. The van der Waals surface area contributed by atoms with Crippen molar-refractivity contribution in [1.29, 1.82) is 0 Å². The number of benzene rings is 1. The lowest BCUT2D eigenvalue weighted by Gasteiger charge is -2.22. The van der Waals surface area contributed by atoms with Crippen LogP contribution in [0.3, 0.4) is 0 Å². The average molecular weight is 553 g/mol. The number of hydrogen-bond donors (Lipinski definition) is 1. The first kappa shape index (κ1) is 26.3. The van der Waals surface area contributed by atoms with E-state index < -0.39 is 21.4 Å². The van der Waals surface area contributed by atoms with Gasteiger partial charge in [-0.2, -0.15) is 0 Å². The smallest absolute Gasteiger partial charge is 0.243 e. The first-order valence-electron chi connectivity index (χ1n) is 12.0. The highest BCUT2D eigenvalue weighted by Crippen LogP contribution is 2.38. The molecule has 13 heteroatoms. The Morgan fingerprint density at radius 2 is 1.72 bits per heavy atom. The van der Waals surface area contributed by atoms with E-state index in [0.717, 1.165) is 0 Å². The zero-order valence-electron chi connectivity index (χ0n) is 22.0. The molecule has 0 bridgehead atoms. The van der Waals surface area contributed by atoms with Gasteiger partial charge in [-0.15, -0.1) is 10.2 Å². The number of ether oxygens (including phenoxy) is 3. The number of anilines is 1. The summed E-state index contributed by atoms with van der Waals surface area (Å²) in [5, 5.41) is 7.37. The highest BCUT2D eigenvalue weighted by atomic mass is 32.2. The van der Waals surface area contributed by atoms with Gasteiger partial charge in [0.25, 0.3) is 0 Å². The summed E-state index contributed by atoms with van der Waals surface area (Å²) < 4.78 is 56.0. The molecule has 0 aliphatic rings. The van der Waals surface area contributed by atoms with Crippen molar-refractivity contribution in [2.75, 3.05) is 26.1 Å². The molecule has 0 unspecified atom stereocenters. The van der Waals surface area contributed by atoms with Crippen molar-refractivity contribution in [2.45, 2.75) is 25.2 Å². The van der Waals surface area contributed by atoms with Gasteiger partial charge in [-0.1, -0.05) is 12.1 Å². The van der Waals surface area contributed by atoms with Crippen molar-refractivity contribution in [3.05, 3.63) is 72.4 Å². The standard InChI is InChI=1S/C26H28N6O6S/c1-16-12-13-21(38-16)25-28-29-26(32(25)23-19(35-3)9-8-10-20(23)36-4)30-39(33,34)17(2)24(37-5)18-15-31-14-7-6-11-22(31)27-18/h6-15,17,24H,1-5H3,(H,29,30)/t17-,24+/m1/s1. The Balaban J connectivity index is 1.59. The second-order valence-corrected chi connectivity index (χ2v) is 10.8. The third-order valence-electron chi connectivity index (χ3n) is 6.33. The zero-order chi connectivity index (χ0) is 27.7. The summed E-state index contributed by atoms with van der Waals surface area (Å²) in [6.07, 6.45) is 2.71. The minimum Gasteiger partial charge on any atom is -0.494 e. The predicted molar refractivity (Wildman–Crippen MR) is 144 cm³/mol. The fourth-order valence-electron chi connectivity index (χ4n) is 4.36. The number of methoxy groups -OCH3 is 3. The minimum absolute atomic E-state index is 0.0847. The molecule has 5 rings (SSSR count). The van der Waals surface area contributed by atoms with Crippen molar-refractivity contribution < 1.29 is 27.0 Å². The number of imidazole rings is 1. The Labute approximate surface area is 225 Å². The number of fused-ring (bicyclic) bond motifs is 1. The average Bonchev–Trinajstić information content (AvgIpc) is 3.66. The second-order valence-electron chi connectivity index (χ2n) is 8.74. The van der Waals surface area contributed by atoms with Crippen LogP contribution in [0.4, 0.5) is 5.95 Å². The van der Waals surface area contributed by atoms with Crippen LogP contribution in [0.1, 0.15) is 24.5 Å². The van der Waals surface area contributed by atoms with Crippen molar-refractivity contribution in [3.8, 4) is 28.8 Å². The Bertz CT molecular complexity index is 1670. The van der Waals surface area contributed by atoms with E-state index in [-0.39, 0.29) is 11.8 Å². The first-order valence-corrected chi connectivity index (χ1v) is 13.5. The normalized spacial score (nSPS) is 13.4. The molecule has 4 aromatic heterocycles. The zero-order valence-corrected chi connectivity index (χ0v) is 22.8. The summed E-state index contributed by atoms with van der Waals surface area (Å²) in [6.45, 7) is 3.34. The maximum atomic E-state index is 13.7. The fraction of sp³-hybridized carbons (Fsp3) is 0.269. The Morgan fingerprint density at radius 3 is 2.33 bits per heavy atom. The lowest BCUT2D eigenvalue weighted by molar-refractivity contribution is 0.0993. The molecule has 0 aliphatic carbocycles. The second kappa shape index (κ2) is 10.4. The molecule has 0 amide bonds. The predicted octanol–water partition coefficient (Wildman–Crippen LogP) is 4.02. The number of aromatic nitrogens is 5. The third-order valence-corrected chi connectivity index (χ3v) is 8.02. The highest BCUT2D eigenvalue weighted by molar-refractivity contribution is 7.93. The van der Waals surface area contributed by atoms with Gasteiger partial charge in [-0.05, 0) is 50.2 Å². The number of nitrogens with zero attached hydrogens (tertiary/aromatic N) is 5. The third kappa shape index (κ3) is 4.81. The maximum absolute atomic E-state index is 13.7. The van der Waals surface area contributed by atoms with Crippen molar-refractivity contribution in [3.63, 3.8) is 0 Å². The number of sulfonamides is 1. The van der Waals surface area contributed by atoms with Crippen LogP contribution in [0.25, 0.3) is 22.9 Å². The van der Waals surface area contributed by atoms with Crippen LogP contribution in [0.15, 0.2) is 65.3 Å². The van der Waals surface area contributed by atoms with Crippen molar-refractivity contribution in [1.82, 2.24) is 24.1 Å². The minimum atomic E-state index is -4.10. The largest absolute Gasteiger partial charge is 0.494 e. The Hall–Kier alpha value is -4.36. The molecule has 2 atom stereocenters. The lowest BCUT2D eigenvalue weighted by atomic mass is 10.2. The van der Waals surface area contributed by atoms with Gasteiger partial charge in [0.15, 0.2) is 5.76 Å². The summed E-state index contributed by atoms with van der Waals surface area (Å²) in [4.78, 5) is 4.55. The number of nitrogens with one attached hydrogen (secondary N) is 1. The van der Waals surface area contributed by atoms with Crippen LogP contribution in [-0.2, 0) is 14.8 Å². The van der Waals surface area contributed by atoms with Crippen LogP contribution in [-0.4, -0.2) is 59.1 Å². The molecule has 12 nitrogen and oxygen atoms in total. The molecule has 0 saturated carbocycles. The molecular formula is C26H28N6O6S. The van der Waals surface area contributed by atoms with Gasteiger partial charge in [-0.3, -0.25) is 9.29 Å². The van der Waals surface area contributed by atoms with Crippen LogP contribution in [0.2, 0.25) is 0 Å². The van der Waals surface area contributed by atoms with Crippen molar-refractivity contribution in [2.24, 2.45) is 0 Å². The summed E-state index contributed by atoms with van der Waals surface area (Å²) >= 11 is 0. The molecule has 1 N–H and O–H groups in total. The van der Waals surface area contributed by atoms with E-state index >= 15 is 0 Å². The van der Waals surface area contributed by atoms with Gasteiger partial charge in [0, 0.05) is 19.5 Å². The van der Waals surface area contributed by atoms with E-state index in [9.17, 15) is 8.42 Å². The number of pyridine rings is 1. The van der Waals surface area contributed by atoms with E-state index in [1.165, 1.54) is 25.9 Å². The van der Waals surface area contributed by atoms with Crippen LogP contribution < -0.4 is 14.2 Å². The van der Waals surface area contributed by atoms with Crippen LogP contribution >= 0.6 is 0 Å². The van der Waals surface area contributed by atoms with Gasteiger partial charge in [0.2, 0.25) is 21.8 Å². The lowest BCUT2D eigenvalue weighted by Crippen LogP contribution is -2.33. The van der Waals surface area contributed by atoms with Gasteiger partial charge in [0.05, 0.1) is 19.9 Å². The number of para-hydroxylation sites is 1. The number of aryl methyl sites for hydroxylation is 1. The molecule has 39 heavy (non-hydrogen) atoms. The van der Waals surface area contributed by atoms with E-state index in [1.807, 2.05) is 24.4 Å². The van der Waals surface area contributed by atoms with E-state index in [4.69, 9.17) is 18.6 Å². The molecule has 0 radical (unpaired) electrons. The van der Waals surface area contributed by atoms with Gasteiger partial charge in [0.1, 0.15) is 39.9 Å². The number of furan rings is 1. The number of rotatable bonds is 10. The van der Waals surface area contributed by atoms with Crippen molar-refractivity contribution >= 4 is 21.6 Å². The first-order chi connectivity index (χ1) is 18.8. The van der Waals surface area contributed by atoms with Crippen LogP contribution in [0, 0.1) is 6.92 Å². The fourth-order valence-corrected chi connectivity index (χ4v) is 5.50. The SMILES string of the molecule is COc1cccc(OC)c1-n1c(NS(=O)(=O)[C@H](C)[C@H](OC)c2cn3ccccc3n2)nnc1-c1ccc(C)o1. The molecule has 0 fully saturated rings. The van der Waals surface area contributed by atoms with Crippen LogP contribution in [0.5, 0.6) is 11.5 Å². The van der Waals surface area contributed by atoms with Gasteiger partial charge >= 0.3 is 0 Å². The molecule has 0 spiro atoms. The summed E-state index contributed by atoms with van der Waals surface area (Å²) in [6, 6.07) is 14.2. The van der Waals surface area contributed by atoms with E-state index in [0.29, 0.717) is 40.0 Å². The molecule has 1 aromatic carbocycles. The maximum Gasteiger partial charge on any atom is 0.243 e. The molecule has 204 valence electrons. The summed E-state index contributed by atoms with van der Waals surface area (Å²) in [5.41, 5.74) is 1.54. The molecule has 4 heterocycles. The monoisotopic (exact) mass is 552 g/mol. The van der Waals surface area contributed by atoms with Gasteiger partial charge < -0.3 is 23.0 Å². The summed E-state index contributed by atoms with van der Waals surface area (Å²) in [5.74, 6) is 2.01. The molecular weight excluding hydrogens is 524 g/mol. The number of hydrogen-bond acceptors (Lipinski definition) is 9. The molecule has 0 aliphatic heterocycles. The van der Waals surface area contributed by atoms with Gasteiger partial charge in [-0.25, -0.2) is 13.4 Å². The summed E-state index contributed by atoms with van der Waals surface area (Å²) in [7, 11) is 0.348. The van der Waals surface area contributed by atoms with E-state index in [2.05, 4.69) is 19.9 Å². The van der Waals surface area contributed by atoms with E-state index in [1.54, 1.807) is 54.8 Å².